The quantitative estimate of drug-likeness (QED) is 0.752. The van der Waals surface area contributed by atoms with Crippen LogP contribution in [0.25, 0.3) is 11.3 Å². The molecule has 1 aliphatic carbocycles. The molecule has 0 spiro atoms. The van der Waals surface area contributed by atoms with Crippen molar-refractivity contribution in [2.75, 3.05) is 11.5 Å². The molecule has 2 heterocycles. The van der Waals surface area contributed by atoms with E-state index in [1.807, 2.05) is 29.8 Å². The van der Waals surface area contributed by atoms with Gasteiger partial charge in [0.15, 0.2) is 14.6 Å². The second-order valence-electron chi connectivity index (χ2n) is 7.14. The maximum Gasteiger partial charge on any atom is 0.181 e. The summed E-state index contributed by atoms with van der Waals surface area (Å²) in [6, 6.07) is 10.8. The van der Waals surface area contributed by atoms with Crippen molar-refractivity contribution in [2.45, 2.75) is 38.0 Å². The summed E-state index contributed by atoms with van der Waals surface area (Å²) in [4.78, 5) is 2.36. The van der Waals surface area contributed by atoms with Gasteiger partial charge in [-0.25, -0.2) is 8.42 Å². The second kappa shape index (κ2) is 6.37. The molecular formula is C18H23N3O2S2. The molecule has 5 nitrogen and oxygen atoms in total. The molecule has 1 aromatic heterocycles. The van der Waals surface area contributed by atoms with Crippen molar-refractivity contribution in [2.24, 2.45) is 7.05 Å². The van der Waals surface area contributed by atoms with Gasteiger partial charge < -0.3 is 9.13 Å². The average Bonchev–Trinajstić information content (AvgIpc) is 3.32. The number of sulfone groups is 1. The van der Waals surface area contributed by atoms with E-state index < -0.39 is 9.84 Å². The number of hydrogen-bond acceptors (Lipinski definition) is 4. The van der Waals surface area contributed by atoms with Gasteiger partial charge in [0.05, 0.1) is 23.9 Å². The van der Waals surface area contributed by atoms with E-state index in [1.54, 1.807) is 0 Å². The van der Waals surface area contributed by atoms with E-state index in [0.717, 1.165) is 35.3 Å². The molecule has 1 saturated heterocycles. The maximum absolute atomic E-state index is 11.9. The molecule has 25 heavy (non-hydrogen) atoms. The van der Waals surface area contributed by atoms with Crippen LogP contribution in [0.15, 0.2) is 36.5 Å². The first-order valence-corrected chi connectivity index (χ1v) is 11.0. The molecular weight excluding hydrogens is 354 g/mol. The molecule has 1 saturated carbocycles. The van der Waals surface area contributed by atoms with Gasteiger partial charge in [-0.15, -0.1) is 0 Å². The molecule has 0 bridgehead atoms. The minimum absolute atomic E-state index is 0.125. The lowest BCUT2D eigenvalue weighted by Crippen LogP contribution is -2.39. The Hall–Kier alpha value is -1.44. The summed E-state index contributed by atoms with van der Waals surface area (Å²) in [5.74, 6) is 0.603. The Kier molecular flexibility index (Phi) is 4.33. The van der Waals surface area contributed by atoms with Crippen LogP contribution in [0.2, 0.25) is 0 Å². The van der Waals surface area contributed by atoms with Gasteiger partial charge in [-0.2, -0.15) is 0 Å². The van der Waals surface area contributed by atoms with Crippen LogP contribution >= 0.6 is 12.2 Å². The van der Waals surface area contributed by atoms with Gasteiger partial charge in [0.1, 0.15) is 0 Å². The molecule has 0 unspecified atom stereocenters. The van der Waals surface area contributed by atoms with Gasteiger partial charge >= 0.3 is 0 Å². The zero-order valence-corrected chi connectivity index (χ0v) is 16.0. The lowest BCUT2D eigenvalue weighted by Gasteiger charge is -2.28. The first kappa shape index (κ1) is 17.0. The van der Waals surface area contributed by atoms with Crippen LogP contribution in [0.3, 0.4) is 0 Å². The van der Waals surface area contributed by atoms with Crippen molar-refractivity contribution in [3.63, 3.8) is 0 Å². The van der Waals surface area contributed by atoms with Crippen LogP contribution in [-0.2, 0) is 23.6 Å². The molecule has 0 radical (unpaired) electrons. The lowest BCUT2D eigenvalue weighted by molar-refractivity contribution is 0.153. The monoisotopic (exact) mass is 377 g/mol. The Morgan fingerprint density at radius 2 is 1.88 bits per heavy atom. The zero-order chi connectivity index (χ0) is 17.6. The molecule has 1 aromatic carbocycles. The van der Waals surface area contributed by atoms with Gasteiger partial charge in [-0.05, 0) is 37.0 Å². The van der Waals surface area contributed by atoms with Crippen LogP contribution < -0.4 is 0 Å². The smallest absolute Gasteiger partial charge is 0.181 e. The van der Waals surface area contributed by atoms with Crippen molar-refractivity contribution in [1.82, 2.24) is 14.0 Å². The molecule has 4 rings (SSSR count). The van der Waals surface area contributed by atoms with Gasteiger partial charge in [0, 0.05) is 25.3 Å². The number of benzene rings is 1. The normalized spacial score (nSPS) is 22.6. The van der Waals surface area contributed by atoms with Crippen LogP contribution in [0.1, 0.15) is 19.3 Å². The highest BCUT2D eigenvalue weighted by Crippen LogP contribution is 2.33. The second-order valence-corrected chi connectivity index (χ2v) is 9.73. The molecule has 2 aliphatic rings. The van der Waals surface area contributed by atoms with E-state index in [9.17, 15) is 8.42 Å². The highest BCUT2D eigenvalue weighted by Gasteiger charge is 2.39. The summed E-state index contributed by atoms with van der Waals surface area (Å²) >= 11 is 5.64. The minimum Gasteiger partial charge on any atom is -0.320 e. The lowest BCUT2D eigenvalue weighted by atomic mass is 10.2. The molecule has 134 valence electrons. The fraction of sp³-hybridized carbons (Fsp3) is 0.500. The van der Waals surface area contributed by atoms with Crippen molar-refractivity contribution in [1.29, 1.82) is 0 Å². The van der Waals surface area contributed by atoms with E-state index in [1.165, 1.54) is 0 Å². The van der Waals surface area contributed by atoms with Crippen LogP contribution in [-0.4, -0.2) is 46.0 Å². The van der Waals surface area contributed by atoms with E-state index >= 15 is 0 Å². The maximum atomic E-state index is 11.9. The van der Waals surface area contributed by atoms with Gasteiger partial charge in [0.2, 0.25) is 0 Å². The summed E-state index contributed by atoms with van der Waals surface area (Å²) in [6.07, 6.45) is 5.14. The Labute approximate surface area is 153 Å². The molecule has 1 aliphatic heterocycles. The molecule has 7 heteroatoms. The number of imidazole rings is 1. The van der Waals surface area contributed by atoms with Gasteiger partial charge in [0.25, 0.3) is 0 Å². The highest BCUT2D eigenvalue weighted by molar-refractivity contribution is 7.91. The topological polar surface area (TPSA) is 47.2 Å². The molecule has 2 fully saturated rings. The summed E-state index contributed by atoms with van der Waals surface area (Å²) in [5, 5.41) is 0. The number of nitrogens with zero attached hydrogens (tertiary/aromatic N) is 3. The summed E-state index contributed by atoms with van der Waals surface area (Å²) in [5.41, 5.74) is 2.22. The van der Waals surface area contributed by atoms with Crippen molar-refractivity contribution in [3.8, 4) is 11.3 Å². The first-order chi connectivity index (χ1) is 11.9. The number of aromatic nitrogens is 2. The summed E-state index contributed by atoms with van der Waals surface area (Å²) in [6.45, 7) is 0.671. The summed E-state index contributed by atoms with van der Waals surface area (Å²) < 4.78 is 28.7. The fourth-order valence-electron chi connectivity index (χ4n) is 3.71. The Morgan fingerprint density at radius 3 is 2.48 bits per heavy atom. The third kappa shape index (κ3) is 3.45. The fourth-order valence-corrected chi connectivity index (χ4v) is 5.66. The number of hydrogen-bond donors (Lipinski definition) is 0. The van der Waals surface area contributed by atoms with E-state index in [4.69, 9.17) is 12.2 Å². The molecule has 2 aromatic rings. The van der Waals surface area contributed by atoms with Gasteiger partial charge in [-0.1, -0.05) is 30.3 Å². The Morgan fingerprint density at radius 1 is 1.16 bits per heavy atom. The minimum atomic E-state index is -2.88. The third-order valence-electron chi connectivity index (χ3n) is 5.25. The van der Waals surface area contributed by atoms with Crippen molar-refractivity contribution in [3.05, 3.63) is 41.3 Å². The SMILES string of the molecule is Cn1c(-c2ccccc2)cn(CN(C2CC2)[C@H]2CCS(=O)(=O)C2)c1=S. The predicted octanol–water partition coefficient (Wildman–Crippen LogP) is 2.83. The van der Waals surface area contributed by atoms with Crippen LogP contribution in [0.4, 0.5) is 0 Å². The highest BCUT2D eigenvalue weighted by atomic mass is 32.2. The summed E-state index contributed by atoms with van der Waals surface area (Å²) in [7, 11) is -0.888. The molecule has 1 atom stereocenters. The van der Waals surface area contributed by atoms with E-state index in [0.29, 0.717) is 18.5 Å². The predicted molar refractivity (Wildman–Crippen MR) is 102 cm³/mol. The van der Waals surface area contributed by atoms with Crippen molar-refractivity contribution >= 4 is 22.1 Å². The largest absolute Gasteiger partial charge is 0.320 e. The third-order valence-corrected chi connectivity index (χ3v) is 7.51. The number of rotatable bonds is 5. The molecule has 0 amide bonds. The zero-order valence-electron chi connectivity index (χ0n) is 14.3. The van der Waals surface area contributed by atoms with Crippen LogP contribution in [0.5, 0.6) is 0 Å². The first-order valence-electron chi connectivity index (χ1n) is 8.72. The van der Waals surface area contributed by atoms with Crippen LogP contribution in [0, 0.1) is 4.77 Å². The average molecular weight is 378 g/mol. The Bertz CT molecular complexity index is 927. The Balaban J connectivity index is 1.62. The van der Waals surface area contributed by atoms with Gasteiger partial charge in [-0.3, -0.25) is 4.90 Å². The van der Waals surface area contributed by atoms with E-state index in [-0.39, 0.29) is 11.8 Å². The molecule has 0 N–H and O–H groups in total. The van der Waals surface area contributed by atoms with Crippen molar-refractivity contribution < 1.29 is 8.42 Å². The van der Waals surface area contributed by atoms with E-state index in [2.05, 4.69) is 27.8 Å². The standard InChI is InChI=1S/C18H23N3O2S2/c1-19-17(14-5-3-2-4-6-14)11-20(18(19)24)13-21(15-7-8-15)16-9-10-25(22,23)12-16/h2-6,11,15-16H,7-10,12-13H2,1H3/t16-/m0/s1.